The van der Waals surface area contributed by atoms with Gasteiger partial charge in [0.15, 0.2) is 0 Å². The maximum atomic E-state index is 13.0. The topological polar surface area (TPSA) is 95.9 Å². The molecule has 0 heterocycles. The second kappa shape index (κ2) is 9.78. The minimum absolute atomic E-state index is 0.0920. The number of rotatable bonds is 9. The molecule has 2 aliphatic rings. The molecule has 2 aromatic rings. The number of benzene rings is 2. The number of carboxylic acids is 1. The lowest BCUT2D eigenvalue weighted by Crippen LogP contribution is -2.50. The van der Waals surface area contributed by atoms with Gasteiger partial charge in [-0.15, -0.1) is 6.42 Å². The Morgan fingerprint density at radius 1 is 1.09 bits per heavy atom. The number of carbonyl (C=O) groups excluding carboxylic acids is 2. The smallest absolute Gasteiger partial charge is 0.407 e. The summed E-state index contributed by atoms with van der Waals surface area (Å²) in [4.78, 5) is 37.8. The summed E-state index contributed by atoms with van der Waals surface area (Å²) in [5.74, 6) is 0.876. The van der Waals surface area contributed by atoms with E-state index in [1.54, 1.807) is 0 Å². The van der Waals surface area contributed by atoms with Crippen molar-refractivity contribution in [1.82, 2.24) is 10.2 Å². The normalized spacial score (nSPS) is 15.0. The Hall–Kier alpha value is -3.79. The average Bonchev–Trinajstić information content (AvgIpc) is 3.57. The number of hydrogen-bond donors (Lipinski definition) is 2. The number of carbonyl (C=O) groups is 3. The van der Waals surface area contributed by atoms with Crippen LogP contribution in [0.25, 0.3) is 11.1 Å². The number of nitrogens with zero attached hydrogens (tertiary/aromatic N) is 1. The Kier molecular flexibility index (Phi) is 6.64. The molecule has 2 N–H and O–H groups in total. The number of nitrogens with one attached hydrogen (secondary N) is 1. The summed E-state index contributed by atoms with van der Waals surface area (Å²) in [5.41, 5.74) is 4.45. The number of terminal acetylenes is 1. The van der Waals surface area contributed by atoms with Crippen LogP contribution in [-0.4, -0.2) is 53.7 Å². The van der Waals surface area contributed by atoms with E-state index < -0.39 is 30.6 Å². The molecule has 7 nitrogen and oxygen atoms in total. The third-order valence-electron chi connectivity index (χ3n) is 6.12. The standard InChI is InChI=1S/C26H26N2O5/c1-2-13-28(15-24(29)30)25(31)23(14-17-11-12-17)27-26(32)33-16-22-20-9-5-3-7-18(20)19-8-4-6-10-21(19)22/h1,3-10,17,22-23H,11-16H2,(H,27,32)(H,29,30). The molecule has 7 heteroatoms. The van der Waals surface area contributed by atoms with Gasteiger partial charge in [-0.3, -0.25) is 9.59 Å². The lowest BCUT2D eigenvalue weighted by Gasteiger charge is -2.25. The molecule has 2 aliphatic carbocycles. The summed E-state index contributed by atoms with van der Waals surface area (Å²) in [6.45, 7) is -0.525. The van der Waals surface area contributed by atoms with Crippen molar-refractivity contribution in [2.24, 2.45) is 5.92 Å². The fourth-order valence-corrected chi connectivity index (χ4v) is 4.40. The van der Waals surface area contributed by atoms with Crippen molar-refractivity contribution in [3.05, 3.63) is 59.7 Å². The highest BCUT2D eigenvalue weighted by molar-refractivity contribution is 5.88. The van der Waals surface area contributed by atoms with Crippen LogP contribution in [0.1, 0.15) is 36.3 Å². The van der Waals surface area contributed by atoms with Crippen LogP contribution < -0.4 is 5.32 Å². The Bertz CT molecular complexity index is 1060. The molecule has 0 radical (unpaired) electrons. The molecule has 0 aliphatic heterocycles. The van der Waals surface area contributed by atoms with Crippen molar-refractivity contribution in [2.75, 3.05) is 19.7 Å². The third-order valence-corrected chi connectivity index (χ3v) is 6.12. The maximum absolute atomic E-state index is 13.0. The first kappa shape index (κ1) is 22.4. The average molecular weight is 447 g/mol. The minimum Gasteiger partial charge on any atom is -0.480 e. The van der Waals surface area contributed by atoms with Gasteiger partial charge in [0.05, 0.1) is 6.54 Å². The molecular formula is C26H26N2O5. The first-order chi connectivity index (χ1) is 16.0. The summed E-state index contributed by atoms with van der Waals surface area (Å²) in [6, 6.07) is 15.2. The number of hydrogen-bond acceptors (Lipinski definition) is 4. The highest BCUT2D eigenvalue weighted by Crippen LogP contribution is 2.44. The Morgan fingerprint density at radius 2 is 1.70 bits per heavy atom. The van der Waals surface area contributed by atoms with Crippen LogP contribution in [-0.2, 0) is 14.3 Å². The number of fused-ring (bicyclic) bond motifs is 3. The first-order valence-electron chi connectivity index (χ1n) is 11.0. The highest BCUT2D eigenvalue weighted by Gasteiger charge is 2.34. The molecule has 2 amide bonds. The van der Waals surface area contributed by atoms with E-state index in [0.29, 0.717) is 12.3 Å². The maximum Gasteiger partial charge on any atom is 0.407 e. The molecule has 2 aromatic carbocycles. The molecular weight excluding hydrogens is 420 g/mol. The number of ether oxygens (including phenoxy) is 1. The number of alkyl carbamates (subject to hydrolysis) is 1. The first-order valence-corrected chi connectivity index (χ1v) is 11.0. The quantitative estimate of drug-likeness (QED) is 0.577. The van der Waals surface area contributed by atoms with E-state index in [9.17, 15) is 14.4 Å². The van der Waals surface area contributed by atoms with Crippen LogP contribution in [0.15, 0.2) is 48.5 Å². The van der Waals surface area contributed by atoms with Crippen molar-refractivity contribution in [3.8, 4) is 23.5 Å². The Balaban J connectivity index is 1.43. The van der Waals surface area contributed by atoms with Gasteiger partial charge in [-0.25, -0.2) is 4.79 Å². The molecule has 0 bridgehead atoms. The number of carboxylic acid groups (broad SMARTS) is 1. The van der Waals surface area contributed by atoms with E-state index >= 15 is 0 Å². The van der Waals surface area contributed by atoms with Gasteiger partial charge in [0.1, 0.15) is 19.2 Å². The second-order valence-electron chi connectivity index (χ2n) is 8.49. The summed E-state index contributed by atoms with van der Waals surface area (Å²) in [7, 11) is 0. The largest absolute Gasteiger partial charge is 0.480 e. The molecule has 1 fully saturated rings. The fourth-order valence-electron chi connectivity index (χ4n) is 4.40. The van der Waals surface area contributed by atoms with Gasteiger partial charge in [0.25, 0.3) is 0 Å². The van der Waals surface area contributed by atoms with Crippen molar-refractivity contribution < 1.29 is 24.2 Å². The van der Waals surface area contributed by atoms with Crippen LogP contribution in [0.2, 0.25) is 0 Å². The van der Waals surface area contributed by atoms with E-state index in [0.717, 1.165) is 40.0 Å². The molecule has 4 rings (SSSR count). The third kappa shape index (κ3) is 5.17. The van der Waals surface area contributed by atoms with Gasteiger partial charge in [0, 0.05) is 5.92 Å². The van der Waals surface area contributed by atoms with Gasteiger partial charge >= 0.3 is 12.1 Å². The Labute approximate surface area is 192 Å². The van der Waals surface area contributed by atoms with Crippen LogP contribution in [0.5, 0.6) is 0 Å². The fraction of sp³-hybridized carbons (Fsp3) is 0.346. The van der Waals surface area contributed by atoms with Crippen LogP contribution in [0.3, 0.4) is 0 Å². The lowest BCUT2D eigenvalue weighted by molar-refractivity contribution is -0.144. The SMILES string of the molecule is C#CCN(CC(=O)O)C(=O)C(CC1CC1)NC(=O)OCC1c2ccccc2-c2ccccc21. The van der Waals surface area contributed by atoms with E-state index in [4.69, 9.17) is 16.3 Å². The zero-order valence-electron chi connectivity index (χ0n) is 18.2. The molecule has 170 valence electrons. The zero-order valence-corrected chi connectivity index (χ0v) is 18.2. The minimum atomic E-state index is -1.16. The molecule has 0 saturated heterocycles. The summed E-state index contributed by atoms with van der Waals surface area (Å²) < 4.78 is 5.57. The van der Waals surface area contributed by atoms with Crippen molar-refractivity contribution in [2.45, 2.75) is 31.2 Å². The number of aliphatic carboxylic acids is 1. The van der Waals surface area contributed by atoms with Crippen molar-refractivity contribution in [1.29, 1.82) is 0 Å². The molecule has 1 saturated carbocycles. The van der Waals surface area contributed by atoms with E-state index in [1.807, 2.05) is 36.4 Å². The molecule has 0 spiro atoms. The zero-order chi connectivity index (χ0) is 23.4. The van der Waals surface area contributed by atoms with Crippen molar-refractivity contribution >= 4 is 18.0 Å². The van der Waals surface area contributed by atoms with Crippen molar-refractivity contribution in [3.63, 3.8) is 0 Å². The number of amides is 2. The predicted molar refractivity (Wildman–Crippen MR) is 122 cm³/mol. The van der Waals surface area contributed by atoms with Crippen LogP contribution in [0.4, 0.5) is 4.79 Å². The summed E-state index contributed by atoms with van der Waals surface area (Å²) >= 11 is 0. The second-order valence-corrected chi connectivity index (χ2v) is 8.49. The van der Waals surface area contributed by atoms with Gasteiger partial charge < -0.3 is 20.1 Å². The van der Waals surface area contributed by atoms with E-state index in [2.05, 4.69) is 23.4 Å². The summed E-state index contributed by atoms with van der Waals surface area (Å²) in [6.07, 6.45) is 6.99. The summed E-state index contributed by atoms with van der Waals surface area (Å²) in [5, 5.41) is 11.8. The van der Waals surface area contributed by atoms with Crippen LogP contribution >= 0.6 is 0 Å². The molecule has 1 atom stereocenters. The van der Waals surface area contributed by atoms with Gasteiger partial charge in [-0.1, -0.05) is 67.3 Å². The van der Waals surface area contributed by atoms with Gasteiger partial charge in [-0.2, -0.15) is 0 Å². The Morgan fingerprint density at radius 3 is 2.24 bits per heavy atom. The molecule has 1 unspecified atom stereocenters. The molecule has 0 aromatic heterocycles. The van der Waals surface area contributed by atoms with E-state index in [-0.39, 0.29) is 19.1 Å². The van der Waals surface area contributed by atoms with E-state index in [1.165, 1.54) is 0 Å². The van der Waals surface area contributed by atoms with Gasteiger partial charge in [-0.05, 0) is 34.6 Å². The van der Waals surface area contributed by atoms with Gasteiger partial charge in [0.2, 0.25) is 5.91 Å². The lowest BCUT2D eigenvalue weighted by atomic mass is 9.98. The monoisotopic (exact) mass is 446 g/mol. The predicted octanol–water partition coefficient (Wildman–Crippen LogP) is 3.24. The highest BCUT2D eigenvalue weighted by atomic mass is 16.5. The molecule has 33 heavy (non-hydrogen) atoms. The van der Waals surface area contributed by atoms with Crippen LogP contribution in [0, 0.1) is 18.3 Å².